The van der Waals surface area contributed by atoms with E-state index in [-0.39, 0.29) is 0 Å². The van der Waals surface area contributed by atoms with E-state index in [2.05, 4.69) is 44.1 Å². The van der Waals surface area contributed by atoms with Crippen molar-refractivity contribution in [2.45, 2.75) is 47.0 Å². The van der Waals surface area contributed by atoms with Gasteiger partial charge in [0.25, 0.3) is 0 Å². The number of hydrogen-bond acceptors (Lipinski definition) is 3. The molecule has 1 heterocycles. The maximum absolute atomic E-state index is 5.84. The van der Waals surface area contributed by atoms with Crippen LogP contribution in [-0.4, -0.2) is 21.6 Å². The minimum Gasteiger partial charge on any atom is -0.493 e. The van der Waals surface area contributed by atoms with Gasteiger partial charge in [-0.1, -0.05) is 12.1 Å². The van der Waals surface area contributed by atoms with Gasteiger partial charge in [-0.25, -0.2) is 0 Å². The van der Waals surface area contributed by atoms with E-state index in [1.54, 1.807) is 4.68 Å². The van der Waals surface area contributed by atoms with Gasteiger partial charge < -0.3 is 4.74 Å². The minimum absolute atomic E-state index is 0.776. The highest BCUT2D eigenvalue weighted by molar-refractivity contribution is 5.48. The number of benzene rings is 1. The van der Waals surface area contributed by atoms with E-state index in [1.165, 1.54) is 22.3 Å². The van der Waals surface area contributed by atoms with E-state index < -0.39 is 0 Å². The van der Waals surface area contributed by atoms with E-state index in [0.29, 0.717) is 0 Å². The molecule has 0 amide bonds. The summed E-state index contributed by atoms with van der Waals surface area (Å²) in [5, 5.41) is 8.14. The predicted octanol–water partition coefficient (Wildman–Crippen LogP) is 3.31. The van der Waals surface area contributed by atoms with Crippen molar-refractivity contribution in [3.63, 3.8) is 0 Å². The molecule has 1 aromatic heterocycles. The minimum atomic E-state index is 0.776. The van der Waals surface area contributed by atoms with Crippen molar-refractivity contribution in [3.8, 4) is 5.75 Å². The molecule has 2 aromatic rings. The van der Waals surface area contributed by atoms with Gasteiger partial charge >= 0.3 is 0 Å². The molecular formula is C17H25N3O. The van der Waals surface area contributed by atoms with E-state index in [0.717, 1.165) is 37.3 Å². The molecule has 0 bridgehead atoms. The molecule has 2 rings (SSSR count). The fourth-order valence-corrected chi connectivity index (χ4v) is 2.61. The molecule has 0 unspecified atom stereocenters. The summed E-state index contributed by atoms with van der Waals surface area (Å²) in [6.45, 7) is 9.40. The van der Waals surface area contributed by atoms with Crippen molar-refractivity contribution >= 4 is 0 Å². The Morgan fingerprint density at radius 2 is 1.90 bits per heavy atom. The summed E-state index contributed by atoms with van der Waals surface area (Å²) in [5.41, 5.74) is 6.34. The number of aryl methyl sites for hydroxylation is 3. The van der Waals surface area contributed by atoms with Gasteiger partial charge in [-0.2, -0.15) is 0 Å². The summed E-state index contributed by atoms with van der Waals surface area (Å²) in [6, 6.07) is 2.17. The number of ether oxygens (including phenoxy) is 1. The predicted molar refractivity (Wildman–Crippen MR) is 84.9 cm³/mol. The number of rotatable bonds is 6. The first-order valence-electron chi connectivity index (χ1n) is 7.60. The summed E-state index contributed by atoms with van der Waals surface area (Å²) in [7, 11) is 1.90. The second-order valence-electron chi connectivity index (χ2n) is 5.65. The van der Waals surface area contributed by atoms with Crippen LogP contribution >= 0.6 is 0 Å². The number of nitrogens with zero attached hydrogens (tertiary/aromatic N) is 3. The molecule has 0 spiro atoms. The van der Waals surface area contributed by atoms with Crippen LogP contribution in [0.2, 0.25) is 0 Å². The van der Waals surface area contributed by atoms with Crippen molar-refractivity contribution in [1.29, 1.82) is 0 Å². The Morgan fingerprint density at radius 3 is 2.52 bits per heavy atom. The zero-order chi connectivity index (χ0) is 15.4. The monoisotopic (exact) mass is 287 g/mol. The first-order valence-corrected chi connectivity index (χ1v) is 7.60. The molecule has 0 saturated carbocycles. The number of aromatic nitrogens is 3. The lowest BCUT2D eigenvalue weighted by Crippen LogP contribution is -2.04. The van der Waals surface area contributed by atoms with Crippen LogP contribution in [0.1, 0.15) is 41.3 Å². The molecule has 0 aliphatic rings. The third-order valence-corrected chi connectivity index (χ3v) is 3.95. The lowest BCUT2D eigenvalue weighted by molar-refractivity contribution is 0.315. The Labute approximate surface area is 127 Å². The SMILES string of the molecule is CCCOc1cc(C)c(CCc2cn(C)nn2)c(C)c1C. The largest absolute Gasteiger partial charge is 0.493 e. The second-order valence-corrected chi connectivity index (χ2v) is 5.65. The molecule has 4 heteroatoms. The van der Waals surface area contributed by atoms with Crippen LogP contribution in [-0.2, 0) is 19.9 Å². The number of hydrogen-bond donors (Lipinski definition) is 0. The average molecular weight is 287 g/mol. The van der Waals surface area contributed by atoms with Gasteiger partial charge in [0.2, 0.25) is 0 Å². The van der Waals surface area contributed by atoms with Crippen molar-refractivity contribution in [2.24, 2.45) is 7.05 Å². The standard InChI is InChI=1S/C17H25N3O/c1-6-9-21-17-10-12(2)16(13(3)14(17)4)8-7-15-11-20(5)19-18-15/h10-11H,6-9H2,1-5H3. The Hall–Kier alpha value is -1.84. The van der Waals surface area contributed by atoms with Gasteiger partial charge in [-0.15, -0.1) is 5.10 Å². The fourth-order valence-electron chi connectivity index (χ4n) is 2.61. The van der Waals surface area contributed by atoms with Gasteiger partial charge in [-0.05, 0) is 68.4 Å². The first-order chi connectivity index (χ1) is 10.0. The molecule has 0 aliphatic heterocycles. The van der Waals surface area contributed by atoms with Crippen molar-refractivity contribution in [1.82, 2.24) is 15.0 Å². The normalized spacial score (nSPS) is 10.9. The molecule has 0 saturated heterocycles. The molecule has 0 atom stereocenters. The molecular weight excluding hydrogens is 262 g/mol. The average Bonchev–Trinajstić information content (AvgIpc) is 2.87. The Morgan fingerprint density at radius 1 is 1.14 bits per heavy atom. The van der Waals surface area contributed by atoms with Crippen LogP contribution in [0, 0.1) is 20.8 Å². The zero-order valence-electron chi connectivity index (χ0n) is 13.7. The van der Waals surface area contributed by atoms with Crippen molar-refractivity contribution in [3.05, 3.63) is 40.2 Å². The zero-order valence-corrected chi connectivity index (χ0v) is 13.7. The van der Waals surface area contributed by atoms with Crippen LogP contribution in [0.3, 0.4) is 0 Å². The summed E-state index contributed by atoms with van der Waals surface area (Å²) in [6.07, 6.45) is 4.93. The van der Waals surface area contributed by atoms with Crippen molar-refractivity contribution < 1.29 is 4.74 Å². The Bertz CT molecular complexity index is 617. The molecule has 21 heavy (non-hydrogen) atoms. The van der Waals surface area contributed by atoms with Gasteiger partial charge in [0, 0.05) is 13.2 Å². The fraction of sp³-hybridized carbons (Fsp3) is 0.529. The maximum atomic E-state index is 5.84. The molecule has 0 radical (unpaired) electrons. The molecule has 1 aromatic carbocycles. The van der Waals surface area contributed by atoms with Crippen LogP contribution in [0.15, 0.2) is 12.3 Å². The molecule has 114 valence electrons. The topological polar surface area (TPSA) is 39.9 Å². The third-order valence-electron chi connectivity index (χ3n) is 3.95. The van der Waals surface area contributed by atoms with Crippen molar-refractivity contribution in [2.75, 3.05) is 6.61 Å². The van der Waals surface area contributed by atoms with Gasteiger partial charge in [0.05, 0.1) is 12.3 Å². The lowest BCUT2D eigenvalue weighted by atomic mass is 9.93. The highest BCUT2D eigenvalue weighted by Crippen LogP contribution is 2.28. The quantitative estimate of drug-likeness (QED) is 0.818. The summed E-state index contributed by atoms with van der Waals surface area (Å²) < 4.78 is 7.60. The second kappa shape index (κ2) is 6.74. The van der Waals surface area contributed by atoms with E-state index in [1.807, 2.05) is 13.2 Å². The van der Waals surface area contributed by atoms with Gasteiger partial charge in [0.1, 0.15) is 5.75 Å². The van der Waals surface area contributed by atoms with Crippen LogP contribution in [0.25, 0.3) is 0 Å². The molecule has 4 nitrogen and oxygen atoms in total. The van der Waals surface area contributed by atoms with E-state index >= 15 is 0 Å². The smallest absolute Gasteiger partial charge is 0.122 e. The lowest BCUT2D eigenvalue weighted by Gasteiger charge is -2.17. The van der Waals surface area contributed by atoms with Crippen LogP contribution in [0.5, 0.6) is 5.75 Å². The molecule has 0 fully saturated rings. The van der Waals surface area contributed by atoms with Crippen LogP contribution < -0.4 is 4.74 Å². The first kappa shape index (κ1) is 15.5. The van der Waals surface area contributed by atoms with E-state index in [4.69, 9.17) is 4.74 Å². The summed E-state index contributed by atoms with van der Waals surface area (Å²) >= 11 is 0. The van der Waals surface area contributed by atoms with Crippen LogP contribution in [0.4, 0.5) is 0 Å². The highest BCUT2D eigenvalue weighted by atomic mass is 16.5. The Kier molecular flexibility index (Phi) is 4.99. The summed E-state index contributed by atoms with van der Waals surface area (Å²) in [4.78, 5) is 0. The molecule has 0 aliphatic carbocycles. The summed E-state index contributed by atoms with van der Waals surface area (Å²) in [5.74, 6) is 1.02. The van der Waals surface area contributed by atoms with Gasteiger partial charge in [-0.3, -0.25) is 4.68 Å². The van der Waals surface area contributed by atoms with Gasteiger partial charge in [0.15, 0.2) is 0 Å². The van der Waals surface area contributed by atoms with E-state index in [9.17, 15) is 0 Å². The third kappa shape index (κ3) is 3.63. The highest BCUT2D eigenvalue weighted by Gasteiger charge is 2.12. The maximum Gasteiger partial charge on any atom is 0.122 e. The Balaban J connectivity index is 2.17. The molecule has 0 N–H and O–H groups in total.